The van der Waals surface area contributed by atoms with Crippen molar-refractivity contribution < 1.29 is 23.6 Å². The first kappa shape index (κ1) is 18.1. The first-order valence-corrected chi connectivity index (χ1v) is 10.0. The molecule has 2 aromatic rings. The Bertz CT molecular complexity index is 819. The van der Waals surface area contributed by atoms with Crippen LogP contribution in [0.15, 0.2) is 27.8 Å². The number of carbonyl (C=O) groups excluding carboxylic acids is 1. The topological polar surface area (TPSA) is 82.1 Å². The lowest BCUT2D eigenvalue weighted by molar-refractivity contribution is -0.902. The third-order valence-corrected chi connectivity index (χ3v) is 5.86. The van der Waals surface area contributed by atoms with Gasteiger partial charge in [-0.3, -0.25) is 4.79 Å². The van der Waals surface area contributed by atoms with Crippen LogP contribution in [0.2, 0.25) is 0 Å². The highest BCUT2D eigenvalue weighted by atomic mass is 32.2. The largest absolute Gasteiger partial charge is 0.454 e. The monoisotopic (exact) mass is 391 g/mol. The Morgan fingerprint density at radius 2 is 2.04 bits per heavy atom. The van der Waals surface area contributed by atoms with E-state index in [0.717, 1.165) is 38.3 Å². The van der Waals surface area contributed by atoms with Gasteiger partial charge in [0.25, 0.3) is 5.22 Å². The molecule has 2 aliphatic rings. The first-order valence-electron chi connectivity index (χ1n) is 9.16. The normalized spacial score (nSPS) is 17.9. The maximum atomic E-state index is 12.7. The highest BCUT2D eigenvalue weighted by molar-refractivity contribution is 8.00. The van der Waals surface area contributed by atoms with Gasteiger partial charge in [-0.2, -0.15) is 0 Å². The van der Waals surface area contributed by atoms with Gasteiger partial charge in [0.05, 0.1) is 38.0 Å². The summed E-state index contributed by atoms with van der Waals surface area (Å²) in [6, 6.07) is 5.48. The summed E-state index contributed by atoms with van der Waals surface area (Å²) in [4.78, 5) is 16.2. The van der Waals surface area contributed by atoms with Gasteiger partial charge in [0.1, 0.15) is 0 Å². The van der Waals surface area contributed by atoms with Crippen LogP contribution in [0.5, 0.6) is 11.5 Å². The minimum absolute atomic E-state index is 0.123. The van der Waals surface area contributed by atoms with Gasteiger partial charge in [-0.25, -0.2) is 0 Å². The summed E-state index contributed by atoms with van der Waals surface area (Å²) in [5.74, 6) is 1.89. The second kappa shape index (κ2) is 7.77. The van der Waals surface area contributed by atoms with Crippen LogP contribution in [-0.4, -0.2) is 65.8 Å². The molecule has 0 aliphatic carbocycles. The fourth-order valence-corrected chi connectivity index (χ4v) is 4.03. The van der Waals surface area contributed by atoms with E-state index in [1.54, 1.807) is 4.90 Å². The van der Waals surface area contributed by atoms with Crippen molar-refractivity contribution in [3.05, 3.63) is 18.2 Å². The summed E-state index contributed by atoms with van der Waals surface area (Å²) in [6.07, 6.45) is 0. The van der Waals surface area contributed by atoms with E-state index in [9.17, 15) is 4.79 Å². The Morgan fingerprint density at radius 3 is 2.81 bits per heavy atom. The molecular formula is C18H23N4O4S+. The number of likely N-dealkylation sites (N-methyl/N-ethyl adjacent to an activating group) is 1. The number of thioether (sulfide) groups is 1. The van der Waals surface area contributed by atoms with E-state index in [4.69, 9.17) is 13.9 Å². The quantitative estimate of drug-likeness (QED) is 0.751. The van der Waals surface area contributed by atoms with E-state index in [2.05, 4.69) is 17.1 Å². The fraction of sp³-hybridized carbons (Fsp3) is 0.500. The molecule has 0 saturated carbocycles. The molecule has 1 fully saturated rings. The molecule has 1 saturated heterocycles. The average molecular weight is 391 g/mol. The molecule has 3 heterocycles. The van der Waals surface area contributed by atoms with E-state index in [-0.39, 0.29) is 18.0 Å². The number of amides is 1. The predicted molar refractivity (Wildman–Crippen MR) is 99.0 cm³/mol. The lowest BCUT2D eigenvalue weighted by atomic mass is 10.2. The van der Waals surface area contributed by atoms with Crippen LogP contribution >= 0.6 is 11.8 Å². The van der Waals surface area contributed by atoms with E-state index in [0.29, 0.717) is 22.6 Å². The van der Waals surface area contributed by atoms with Crippen molar-refractivity contribution >= 4 is 17.7 Å². The second-order valence-corrected chi connectivity index (χ2v) is 7.92. The van der Waals surface area contributed by atoms with Crippen LogP contribution in [-0.2, 0) is 4.79 Å². The molecule has 8 nitrogen and oxygen atoms in total. The number of ether oxygens (including phenoxy) is 2. The number of nitrogens with one attached hydrogen (secondary N) is 1. The Balaban J connectivity index is 1.38. The third kappa shape index (κ3) is 3.89. The van der Waals surface area contributed by atoms with Crippen molar-refractivity contribution in [1.82, 2.24) is 15.1 Å². The van der Waals surface area contributed by atoms with Crippen LogP contribution in [0, 0.1) is 0 Å². The first-order chi connectivity index (χ1) is 13.1. The number of carbonyl (C=O) groups is 1. The van der Waals surface area contributed by atoms with Crippen LogP contribution in [0.4, 0.5) is 0 Å². The summed E-state index contributed by atoms with van der Waals surface area (Å²) < 4.78 is 16.4. The van der Waals surface area contributed by atoms with Gasteiger partial charge >= 0.3 is 0 Å². The summed E-state index contributed by atoms with van der Waals surface area (Å²) in [5, 5.41) is 8.30. The molecule has 2 aliphatic heterocycles. The zero-order valence-electron chi connectivity index (χ0n) is 15.4. The molecule has 1 N–H and O–H groups in total. The third-order valence-electron chi connectivity index (χ3n) is 4.93. The Kier molecular flexibility index (Phi) is 5.22. The fourth-order valence-electron chi connectivity index (χ4n) is 3.26. The number of benzene rings is 1. The number of aromatic nitrogens is 2. The smallest absolute Gasteiger partial charge is 0.277 e. The maximum Gasteiger partial charge on any atom is 0.277 e. The van der Waals surface area contributed by atoms with Crippen LogP contribution in [0.1, 0.15) is 13.8 Å². The summed E-state index contributed by atoms with van der Waals surface area (Å²) in [7, 11) is 0. The molecule has 0 spiro atoms. The number of quaternary nitrogens is 1. The van der Waals surface area contributed by atoms with E-state index in [1.807, 2.05) is 30.0 Å². The molecule has 1 atom stereocenters. The van der Waals surface area contributed by atoms with Gasteiger partial charge in [0.2, 0.25) is 18.6 Å². The van der Waals surface area contributed by atoms with Crippen molar-refractivity contribution in [2.75, 3.05) is 39.5 Å². The molecule has 1 amide bonds. The second-order valence-electron chi connectivity index (χ2n) is 6.63. The van der Waals surface area contributed by atoms with E-state index in [1.165, 1.54) is 11.8 Å². The Labute approximate surface area is 161 Å². The van der Waals surface area contributed by atoms with Gasteiger partial charge in [-0.05, 0) is 32.0 Å². The number of piperazine rings is 1. The number of rotatable bonds is 5. The lowest BCUT2D eigenvalue weighted by Crippen LogP contribution is -3.14. The maximum absolute atomic E-state index is 12.7. The number of fused-ring (bicyclic) bond motifs is 1. The molecule has 9 heteroatoms. The van der Waals surface area contributed by atoms with E-state index >= 15 is 0 Å². The molecular weight excluding hydrogens is 368 g/mol. The molecule has 1 aromatic carbocycles. The zero-order chi connectivity index (χ0) is 18.8. The molecule has 0 radical (unpaired) electrons. The minimum atomic E-state index is -0.266. The van der Waals surface area contributed by atoms with Crippen LogP contribution < -0.4 is 14.4 Å². The molecule has 4 rings (SSSR count). The Morgan fingerprint density at radius 1 is 1.26 bits per heavy atom. The van der Waals surface area contributed by atoms with Gasteiger partial charge in [0, 0.05) is 5.56 Å². The molecule has 0 bridgehead atoms. The predicted octanol–water partition coefficient (Wildman–Crippen LogP) is 0.693. The molecule has 1 aromatic heterocycles. The zero-order valence-corrected chi connectivity index (χ0v) is 16.3. The number of hydrogen-bond donors (Lipinski definition) is 1. The highest BCUT2D eigenvalue weighted by Crippen LogP contribution is 2.36. The average Bonchev–Trinajstić information content (AvgIpc) is 3.36. The minimum Gasteiger partial charge on any atom is -0.454 e. The number of hydrogen-bond acceptors (Lipinski definition) is 7. The lowest BCUT2D eigenvalue weighted by Gasteiger charge is -2.32. The van der Waals surface area contributed by atoms with Gasteiger partial charge in [-0.15, -0.1) is 10.2 Å². The van der Waals surface area contributed by atoms with Crippen LogP contribution in [0.25, 0.3) is 11.5 Å². The van der Waals surface area contributed by atoms with Crippen molar-refractivity contribution in [1.29, 1.82) is 0 Å². The molecule has 144 valence electrons. The summed E-state index contributed by atoms with van der Waals surface area (Å²) in [5.41, 5.74) is 0.760. The van der Waals surface area contributed by atoms with Crippen molar-refractivity contribution in [3.63, 3.8) is 0 Å². The summed E-state index contributed by atoms with van der Waals surface area (Å²) in [6.45, 7) is 9.02. The van der Waals surface area contributed by atoms with Gasteiger partial charge in [-0.1, -0.05) is 11.8 Å². The standard InChI is InChI=1S/C18H22N4O4S/c1-3-21-6-8-22(9-7-21)17(23)12(2)27-18-20-19-16(26-18)13-4-5-14-15(10-13)25-11-24-14/h4-5,10,12H,3,6-9,11H2,1-2H3/p+1/t12-/m1/s1. The van der Waals surface area contributed by atoms with Crippen molar-refractivity contribution in [3.8, 4) is 23.0 Å². The van der Waals surface area contributed by atoms with E-state index < -0.39 is 0 Å². The van der Waals surface area contributed by atoms with Crippen LogP contribution in [0.3, 0.4) is 0 Å². The van der Waals surface area contributed by atoms with Crippen molar-refractivity contribution in [2.24, 2.45) is 0 Å². The van der Waals surface area contributed by atoms with Gasteiger partial charge in [0.15, 0.2) is 11.5 Å². The molecule has 0 unspecified atom stereocenters. The summed E-state index contributed by atoms with van der Waals surface area (Å²) >= 11 is 1.30. The SMILES string of the molecule is CC[NH+]1CCN(C(=O)[C@@H](C)Sc2nnc(-c3ccc4c(c3)OCO4)o2)CC1. The highest BCUT2D eigenvalue weighted by Gasteiger charge is 2.28. The Hall–Kier alpha value is -2.26. The number of nitrogens with zero attached hydrogens (tertiary/aromatic N) is 3. The van der Waals surface area contributed by atoms with Gasteiger partial charge < -0.3 is 23.7 Å². The van der Waals surface area contributed by atoms with Crippen molar-refractivity contribution in [2.45, 2.75) is 24.3 Å². The molecule has 27 heavy (non-hydrogen) atoms.